The summed E-state index contributed by atoms with van der Waals surface area (Å²) in [5, 5.41) is 3.48. The molecule has 0 fully saturated rings. The Labute approximate surface area is 220 Å². The van der Waals surface area contributed by atoms with Gasteiger partial charge in [-0.2, -0.15) is 0 Å². The van der Waals surface area contributed by atoms with Crippen molar-refractivity contribution in [3.05, 3.63) is 118 Å². The summed E-state index contributed by atoms with van der Waals surface area (Å²) in [4.78, 5) is 42.8. The highest BCUT2D eigenvalue weighted by Crippen LogP contribution is 2.50. The zero-order valence-electron chi connectivity index (χ0n) is 21.5. The van der Waals surface area contributed by atoms with Crippen LogP contribution < -0.4 is 10.2 Å². The first-order valence-electron chi connectivity index (χ1n) is 12.7. The lowest BCUT2D eigenvalue weighted by molar-refractivity contribution is -0.118. The maximum Gasteiger partial charge on any atom is 0.199 e. The van der Waals surface area contributed by atoms with Gasteiger partial charge in [0.1, 0.15) is 5.82 Å². The number of rotatable bonds is 2. The molecule has 6 heteroatoms. The molecule has 6 rings (SSSR count). The van der Waals surface area contributed by atoms with Crippen LogP contribution in [0, 0.1) is 11.2 Å². The molecule has 1 aliphatic heterocycles. The van der Waals surface area contributed by atoms with Crippen LogP contribution in [0.15, 0.2) is 95.3 Å². The molecule has 1 atom stereocenters. The van der Waals surface area contributed by atoms with Crippen LogP contribution in [0.5, 0.6) is 0 Å². The summed E-state index contributed by atoms with van der Waals surface area (Å²) in [5.74, 6) is -1.28. The first-order valence-corrected chi connectivity index (χ1v) is 12.7. The number of halogens is 1. The summed E-state index contributed by atoms with van der Waals surface area (Å²) < 4.78 is 15.6. The third kappa shape index (κ3) is 3.63. The number of nitrogens with zero attached hydrogens (tertiary/aromatic N) is 1. The van der Waals surface area contributed by atoms with Gasteiger partial charge < -0.3 is 10.2 Å². The quantitative estimate of drug-likeness (QED) is 0.306. The van der Waals surface area contributed by atoms with Crippen LogP contribution in [0.2, 0.25) is 0 Å². The van der Waals surface area contributed by atoms with Gasteiger partial charge in [-0.25, -0.2) is 4.39 Å². The van der Waals surface area contributed by atoms with Gasteiger partial charge in [0.15, 0.2) is 17.3 Å². The smallest absolute Gasteiger partial charge is 0.199 e. The van der Waals surface area contributed by atoms with Crippen LogP contribution in [0.4, 0.5) is 15.8 Å². The lowest BCUT2D eigenvalue weighted by Crippen LogP contribution is -2.36. The molecule has 3 aromatic rings. The van der Waals surface area contributed by atoms with Crippen molar-refractivity contribution in [2.75, 3.05) is 10.2 Å². The Morgan fingerprint density at radius 3 is 2.16 bits per heavy atom. The fourth-order valence-electron chi connectivity index (χ4n) is 6.05. The molecule has 0 saturated carbocycles. The van der Waals surface area contributed by atoms with E-state index in [-0.39, 0.29) is 28.3 Å². The van der Waals surface area contributed by atoms with Gasteiger partial charge in [0.2, 0.25) is 0 Å². The van der Waals surface area contributed by atoms with Crippen molar-refractivity contribution >= 4 is 28.7 Å². The third-order valence-corrected chi connectivity index (χ3v) is 7.69. The molecule has 3 aliphatic rings. The highest BCUT2D eigenvalue weighted by molar-refractivity contribution is 6.40. The van der Waals surface area contributed by atoms with Gasteiger partial charge in [-0.1, -0.05) is 68.4 Å². The summed E-state index contributed by atoms with van der Waals surface area (Å²) in [7, 11) is 0. The molecule has 3 aromatic carbocycles. The molecule has 2 aliphatic carbocycles. The summed E-state index contributed by atoms with van der Waals surface area (Å²) >= 11 is 0. The molecule has 0 bridgehead atoms. The Balaban J connectivity index is 1.67. The van der Waals surface area contributed by atoms with Gasteiger partial charge in [0.25, 0.3) is 0 Å². The van der Waals surface area contributed by atoms with Crippen molar-refractivity contribution in [2.45, 2.75) is 39.7 Å². The number of ketones is 3. The average molecular weight is 507 g/mol. The Bertz CT molecular complexity index is 1580. The highest BCUT2D eigenvalue weighted by Gasteiger charge is 2.44. The number of allylic oxidation sites excluding steroid dienone is 3. The van der Waals surface area contributed by atoms with E-state index in [0.717, 1.165) is 11.4 Å². The highest BCUT2D eigenvalue weighted by atomic mass is 19.1. The fourth-order valence-corrected chi connectivity index (χ4v) is 6.05. The lowest BCUT2D eigenvalue weighted by atomic mass is 9.73. The van der Waals surface area contributed by atoms with Crippen molar-refractivity contribution in [2.24, 2.45) is 5.41 Å². The van der Waals surface area contributed by atoms with Crippen molar-refractivity contribution in [1.82, 2.24) is 0 Å². The number of benzene rings is 3. The predicted octanol–water partition coefficient (Wildman–Crippen LogP) is 6.80. The zero-order chi connectivity index (χ0) is 26.8. The molecule has 0 aromatic heterocycles. The van der Waals surface area contributed by atoms with E-state index in [0.29, 0.717) is 46.5 Å². The second-order valence-corrected chi connectivity index (χ2v) is 10.9. The van der Waals surface area contributed by atoms with Crippen molar-refractivity contribution < 1.29 is 18.8 Å². The largest absolute Gasteiger partial charge is 0.357 e. The van der Waals surface area contributed by atoms with E-state index in [9.17, 15) is 14.4 Å². The van der Waals surface area contributed by atoms with E-state index in [2.05, 4.69) is 5.32 Å². The Kier molecular flexibility index (Phi) is 5.45. The molecule has 0 saturated heterocycles. The summed E-state index contributed by atoms with van der Waals surface area (Å²) in [5.41, 5.74) is 3.72. The molecule has 0 radical (unpaired) electrons. The standard InChI is InChI=1S/C32H27FN2O3/c1-18(27-30(37)19-10-4-5-11-20(19)31(27)38)35-25-15-9-8-14-23(25)34-24-16-32(2,3)17-26(36)28(24)29(35)21-12-6-7-13-22(21)33/h4-15,29,34H,16-17H2,1-3H3/t29-/m0/s1. The normalized spacial score (nSPS) is 20.0. The van der Waals surface area contributed by atoms with Gasteiger partial charge in [0.05, 0.1) is 23.0 Å². The van der Waals surface area contributed by atoms with Crippen molar-refractivity contribution in [3.8, 4) is 0 Å². The monoisotopic (exact) mass is 506 g/mol. The molecule has 0 amide bonds. The third-order valence-electron chi connectivity index (χ3n) is 7.69. The molecule has 1 N–H and O–H groups in total. The van der Waals surface area contributed by atoms with Crippen LogP contribution in [-0.2, 0) is 4.79 Å². The topological polar surface area (TPSA) is 66.5 Å². The molecule has 190 valence electrons. The van der Waals surface area contributed by atoms with Crippen molar-refractivity contribution in [1.29, 1.82) is 0 Å². The summed E-state index contributed by atoms with van der Waals surface area (Å²) in [6.07, 6.45) is 0.904. The molecular formula is C32H27FN2O3. The van der Waals surface area contributed by atoms with Crippen LogP contribution in [0.25, 0.3) is 0 Å². The van der Waals surface area contributed by atoms with E-state index in [4.69, 9.17) is 0 Å². The summed E-state index contributed by atoms with van der Waals surface area (Å²) in [6, 6.07) is 19.8. The van der Waals surface area contributed by atoms with E-state index in [1.165, 1.54) is 6.07 Å². The first kappa shape index (κ1) is 24.0. The zero-order valence-corrected chi connectivity index (χ0v) is 21.5. The van der Waals surface area contributed by atoms with E-state index >= 15 is 4.39 Å². The second-order valence-electron chi connectivity index (χ2n) is 10.9. The number of hydrogen-bond acceptors (Lipinski definition) is 5. The van der Waals surface area contributed by atoms with Gasteiger partial charge >= 0.3 is 0 Å². The van der Waals surface area contributed by atoms with Crippen LogP contribution in [0.1, 0.15) is 65.9 Å². The Hall–Kier alpha value is -4.32. The van der Waals surface area contributed by atoms with Crippen molar-refractivity contribution in [3.63, 3.8) is 0 Å². The number of carbonyl (C=O) groups excluding carboxylic acids is 3. The van der Waals surface area contributed by atoms with E-state index in [1.54, 1.807) is 54.3 Å². The van der Waals surface area contributed by atoms with Crippen LogP contribution in [0.3, 0.4) is 0 Å². The maximum absolute atomic E-state index is 15.6. The Morgan fingerprint density at radius 1 is 0.868 bits per heavy atom. The second kappa shape index (κ2) is 8.62. The maximum atomic E-state index is 15.6. The average Bonchev–Trinajstić information content (AvgIpc) is 3.04. The minimum atomic E-state index is -0.872. The Morgan fingerprint density at radius 2 is 1.47 bits per heavy atom. The van der Waals surface area contributed by atoms with Gasteiger partial charge in [-0.3, -0.25) is 14.4 Å². The molecule has 0 spiro atoms. The predicted molar refractivity (Wildman–Crippen MR) is 145 cm³/mol. The SMILES string of the molecule is CC(=C1C(=O)c2ccccc2C1=O)N1c2ccccc2NC2=C(C(=O)CC(C)(C)C2)[C@@H]1c1ccccc1F. The first-order chi connectivity index (χ1) is 18.2. The molecule has 0 unspecified atom stereocenters. The van der Waals surface area contributed by atoms with Crippen LogP contribution >= 0.6 is 0 Å². The molecule has 1 heterocycles. The molecular weight excluding hydrogens is 479 g/mol. The lowest BCUT2D eigenvalue weighted by Gasteiger charge is -2.38. The molecule has 5 nitrogen and oxygen atoms in total. The number of anilines is 2. The number of fused-ring (bicyclic) bond motifs is 2. The van der Waals surface area contributed by atoms with Crippen LogP contribution in [-0.4, -0.2) is 17.3 Å². The number of para-hydroxylation sites is 2. The minimum Gasteiger partial charge on any atom is -0.357 e. The number of hydrogen-bond donors (Lipinski definition) is 1. The number of nitrogens with one attached hydrogen (secondary N) is 1. The minimum absolute atomic E-state index is 0.0370. The summed E-state index contributed by atoms with van der Waals surface area (Å²) in [6.45, 7) is 5.80. The van der Waals surface area contributed by atoms with E-state index in [1.807, 2.05) is 38.1 Å². The van der Waals surface area contributed by atoms with Gasteiger partial charge in [-0.15, -0.1) is 0 Å². The van der Waals surface area contributed by atoms with Gasteiger partial charge in [0, 0.05) is 40.1 Å². The number of Topliss-reactive ketones (excluding diaryl/α,β-unsaturated/α-hetero) is 3. The van der Waals surface area contributed by atoms with Gasteiger partial charge in [-0.05, 0) is 37.0 Å². The fraction of sp³-hybridized carbons (Fsp3) is 0.219. The molecule has 38 heavy (non-hydrogen) atoms. The number of carbonyl (C=O) groups is 3. The van der Waals surface area contributed by atoms with E-state index < -0.39 is 11.9 Å².